The first-order valence-corrected chi connectivity index (χ1v) is 7.00. The van der Waals surface area contributed by atoms with Crippen molar-refractivity contribution in [1.82, 2.24) is 0 Å². The second-order valence-electron chi connectivity index (χ2n) is 4.46. The molecule has 0 atom stereocenters. The van der Waals surface area contributed by atoms with Crippen molar-refractivity contribution in [3.63, 3.8) is 0 Å². The summed E-state index contributed by atoms with van der Waals surface area (Å²) in [7, 11) is 0. The molecular weight excluding hydrogens is 264 g/mol. The van der Waals surface area contributed by atoms with Crippen molar-refractivity contribution in [1.29, 1.82) is 0 Å². The maximum Gasteiger partial charge on any atom is 0.303 e. The van der Waals surface area contributed by atoms with Crippen LogP contribution in [0.1, 0.15) is 59.3 Å². The molecule has 0 heterocycles. The van der Waals surface area contributed by atoms with Crippen LogP contribution in [0, 0.1) is 5.92 Å². The normalized spacial score (nSPS) is 9.10. The number of rotatable bonds is 8. The van der Waals surface area contributed by atoms with Crippen LogP contribution in [-0.2, 0) is 9.59 Å². The van der Waals surface area contributed by atoms with Crippen molar-refractivity contribution in [2.75, 3.05) is 13.2 Å². The van der Waals surface area contributed by atoms with E-state index in [1.54, 1.807) is 6.92 Å². The minimum atomic E-state index is -0.693. The summed E-state index contributed by atoms with van der Waals surface area (Å²) in [5.74, 6) is -1.34. The average molecular weight is 294 g/mol. The summed E-state index contributed by atoms with van der Waals surface area (Å²) >= 11 is 0. The molecule has 6 nitrogen and oxygen atoms in total. The van der Waals surface area contributed by atoms with Crippen LogP contribution < -0.4 is 0 Å². The Labute approximate surface area is 121 Å². The van der Waals surface area contributed by atoms with Gasteiger partial charge in [-0.3, -0.25) is 9.59 Å². The van der Waals surface area contributed by atoms with Gasteiger partial charge in [0.15, 0.2) is 0 Å². The summed E-state index contributed by atoms with van der Waals surface area (Å²) in [6, 6.07) is 0. The lowest BCUT2D eigenvalue weighted by molar-refractivity contribution is -0.138. The molecule has 0 rings (SSSR count). The lowest BCUT2D eigenvalue weighted by atomic mass is 10.2. The molecule has 0 amide bonds. The van der Waals surface area contributed by atoms with E-state index in [0.717, 1.165) is 25.7 Å². The van der Waals surface area contributed by atoms with Crippen LogP contribution in [0.15, 0.2) is 0 Å². The lowest BCUT2D eigenvalue weighted by Crippen LogP contribution is -2.04. The second-order valence-corrected chi connectivity index (χ2v) is 4.46. The van der Waals surface area contributed by atoms with Gasteiger partial charge in [-0.1, -0.05) is 33.6 Å². The molecule has 20 heavy (non-hydrogen) atoms. The van der Waals surface area contributed by atoms with E-state index in [4.69, 9.17) is 20.4 Å². The van der Waals surface area contributed by atoms with Crippen molar-refractivity contribution in [2.45, 2.75) is 59.3 Å². The maximum absolute atomic E-state index is 9.76. The van der Waals surface area contributed by atoms with Crippen LogP contribution >= 0.6 is 0 Å². The molecule has 0 aromatic rings. The number of aliphatic hydroxyl groups excluding tert-OH is 2. The molecule has 0 aliphatic carbocycles. The minimum absolute atomic E-state index is 0.0463. The van der Waals surface area contributed by atoms with E-state index >= 15 is 0 Å². The molecule has 6 heteroatoms. The molecule has 0 saturated heterocycles. The Morgan fingerprint density at radius 1 is 0.850 bits per heavy atom. The number of carboxylic acids is 2. The van der Waals surface area contributed by atoms with E-state index in [9.17, 15) is 9.59 Å². The topological polar surface area (TPSA) is 115 Å². The van der Waals surface area contributed by atoms with Crippen molar-refractivity contribution in [3.05, 3.63) is 0 Å². The van der Waals surface area contributed by atoms with Gasteiger partial charge >= 0.3 is 11.9 Å². The smallest absolute Gasteiger partial charge is 0.303 e. The van der Waals surface area contributed by atoms with Gasteiger partial charge in [-0.2, -0.15) is 0 Å². The van der Waals surface area contributed by atoms with Gasteiger partial charge in [-0.05, 0) is 12.8 Å². The first-order chi connectivity index (χ1) is 9.35. The van der Waals surface area contributed by atoms with E-state index in [0.29, 0.717) is 12.8 Å². The van der Waals surface area contributed by atoms with Crippen LogP contribution in [0.2, 0.25) is 0 Å². The molecule has 0 aromatic heterocycles. The highest BCUT2D eigenvalue weighted by molar-refractivity contribution is 5.66. The van der Waals surface area contributed by atoms with Gasteiger partial charge < -0.3 is 20.4 Å². The average Bonchev–Trinajstić information content (AvgIpc) is 2.43. The maximum atomic E-state index is 9.76. The number of aliphatic carboxylic acids is 2. The number of hydrogen-bond donors (Lipinski definition) is 4. The molecule has 0 aliphatic rings. The Morgan fingerprint density at radius 2 is 1.15 bits per heavy atom. The Balaban J connectivity index is -0.000000218. The molecule has 0 fully saturated rings. The first kappa shape index (κ1) is 23.9. The van der Waals surface area contributed by atoms with Gasteiger partial charge in [0, 0.05) is 32.0 Å². The third-order valence-corrected chi connectivity index (χ3v) is 2.11. The molecule has 4 N–H and O–H groups in total. The summed E-state index contributed by atoms with van der Waals surface area (Å²) in [5, 5.41) is 32.4. The lowest BCUT2D eigenvalue weighted by Gasteiger charge is -1.97. The van der Waals surface area contributed by atoms with Gasteiger partial charge in [0.2, 0.25) is 0 Å². The first-order valence-electron chi connectivity index (χ1n) is 7.00. The van der Waals surface area contributed by atoms with Crippen LogP contribution in [0.25, 0.3) is 0 Å². The molecular formula is C14H30O6. The van der Waals surface area contributed by atoms with E-state index in [1.165, 1.54) is 0 Å². The Morgan fingerprint density at radius 3 is 1.20 bits per heavy atom. The largest absolute Gasteiger partial charge is 0.481 e. The quantitative estimate of drug-likeness (QED) is 0.545. The number of carboxylic acid groups (broad SMARTS) is 2. The van der Waals surface area contributed by atoms with Crippen LogP contribution in [0.3, 0.4) is 0 Å². The summed E-state index contributed by atoms with van der Waals surface area (Å²) in [6.07, 6.45) is 4.16. The molecule has 0 aromatic carbocycles. The zero-order valence-corrected chi connectivity index (χ0v) is 12.8. The summed E-state index contributed by atoms with van der Waals surface area (Å²) in [4.78, 5) is 19.5. The molecule has 0 radical (unpaired) electrons. The van der Waals surface area contributed by atoms with Gasteiger partial charge in [0.1, 0.15) is 0 Å². The van der Waals surface area contributed by atoms with E-state index in [-0.39, 0.29) is 19.1 Å². The minimum Gasteiger partial charge on any atom is -0.481 e. The highest BCUT2D eigenvalue weighted by Crippen LogP contribution is 1.91. The Bertz CT molecular complexity index is 196. The van der Waals surface area contributed by atoms with Gasteiger partial charge in [-0.25, -0.2) is 0 Å². The van der Waals surface area contributed by atoms with Crippen molar-refractivity contribution in [2.24, 2.45) is 5.92 Å². The molecule has 0 unspecified atom stereocenters. The number of aliphatic hydroxyl groups is 2. The molecule has 0 saturated carbocycles. The monoisotopic (exact) mass is 294 g/mol. The summed E-state index contributed by atoms with van der Waals surface area (Å²) in [5.41, 5.74) is 0. The van der Waals surface area contributed by atoms with Crippen LogP contribution in [0.4, 0.5) is 0 Å². The predicted molar refractivity (Wildman–Crippen MR) is 77.7 cm³/mol. The Kier molecular flexibility index (Phi) is 24.1. The van der Waals surface area contributed by atoms with E-state index in [2.05, 4.69) is 0 Å². The number of hydrogen-bond acceptors (Lipinski definition) is 4. The fourth-order valence-electron chi connectivity index (χ4n) is 0.714. The highest BCUT2D eigenvalue weighted by atomic mass is 16.4. The molecule has 0 aliphatic heterocycles. The zero-order chi connectivity index (χ0) is 16.4. The standard InChI is InChI=1S/2C5H10O2.C4H10O2/c2*1-2-3-4-5(6)7;1-4(2-5)3-6/h2*2-4H2,1H3,(H,6,7);4-6H,2-3H2,1H3. The van der Waals surface area contributed by atoms with Crippen LogP contribution in [-0.4, -0.2) is 45.6 Å². The fourth-order valence-corrected chi connectivity index (χ4v) is 0.714. The van der Waals surface area contributed by atoms with Gasteiger partial charge in [0.25, 0.3) is 0 Å². The predicted octanol–water partition coefficient (Wildman–Crippen LogP) is 2.13. The molecule has 122 valence electrons. The third-order valence-electron chi connectivity index (χ3n) is 2.11. The molecule has 0 bridgehead atoms. The van der Waals surface area contributed by atoms with Crippen molar-refractivity contribution < 1.29 is 30.0 Å². The number of carbonyl (C=O) groups is 2. The number of unbranched alkanes of at least 4 members (excludes halogenated alkanes) is 2. The zero-order valence-electron chi connectivity index (χ0n) is 12.8. The third kappa shape index (κ3) is 36.0. The van der Waals surface area contributed by atoms with E-state index in [1.807, 2.05) is 13.8 Å². The van der Waals surface area contributed by atoms with E-state index < -0.39 is 11.9 Å². The Hall–Kier alpha value is -1.14. The van der Waals surface area contributed by atoms with Gasteiger partial charge in [-0.15, -0.1) is 0 Å². The summed E-state index contributed by atoms with van der Waals surface area (Å²) < 4.78 is 0. The molecule has 0 spiro atoms. The van der Waals surface area contributed by atoms with Crippen molar-refractivity contribution >= 4 is 11.9 Å². The van der Waals surface area contributed by atoms with Crippen LogP contribution in [0.5, 0.6) is 0 Å². The summed E-state index contributed by atoms with van der Waals surface area (Å²) in [6.45, 7) is 5.89. The second kappa shape index (κ2) is 20.2. The highest BCUT2D eigenvalue weighted by Gasteiger charge is 1.92. The van der Waals surface area contributed by atoms with Crippen molar-refractivity contribution in [3.8, 4) is 0 Å². The fraction of sp³-hybridized carbons (Fsp3) is 0.857. The van der Waals surface area contributed by atoms with Gasteiger partial charge in [0.05, 0.1) is 0 Å². The SMILES string of the molecule is CC(CO)CO.CCCCC(=O)O.CCCCC(=O)O.